The standard InChI is InChI=1S/C13H14ClN3O/c1-3-8-16-10(2)15-17(13(16)18)9-11-4-6-12(14)7-5-11/h3-7H,1,8-9H2,2H3. The van der Waals surface area contributed by atoms with Crippen LogP contribution in [0.4, 0.5) is 0 Å². The van der Waals surface area contributed by atoms with Gasteiger partial charge in [-0.3, -0.25) is 4.57 Å². The topological polar surface area (TPSA) is 39.8 Å². The van der Waals surface area contributed by atoms with Gasteiger partial charge in [-0.05, 0) is 24.6 Å². The van der Waals surface area contributed by atoms with E-state index in [2.05, 4.69) is 11.7 Å². The quantitative estimate of drug-likeness (QED) is 0.794. The zero-order chi connectivity index (χ0) is 13.1. The van der Waals surface area contributed by atoms with Gasteiger partial charge in [0.15, 0.2) is 0 Å². The third-order valence-electron chi connectivity index (χ3n) is 2.67. The van der Waals surface area contributed by atoms with Crippen LogP contribution in [0.15, 0.2) is 41.7 Å². The first-order chi connectivity index (χ1) is 8.61. The molecule has 0 radical (unpaired) electrons. The van der Waals surface area contributed by atoms with Crippen LogP contribution >= 0.6 is 11.6 Å². The van der Waals surface area contributed by atoms with Gasteiger partial charge >= 0.3 is 5.69 Å². The molecule has 0 fully saturated rings. The van der Waals surface area contributed by atoms with Gasteiger partial charge in [0.25, 0.3) is 0 Å². The molecule has 2 rings (SSSR count). The molecule has 0 bridgehead atoms. The third-order valence-corrected chi connectivity index (χ3v) is 2.92. The molecule has 0 unspecified atom stereocenters. The first kappa shape index (κ1) is 12.6. The molecule has 0 N–H and O–H groups in total. The summed E-state index contributed by atoms with van der Waals surface area (Å²) < 4.78 is 3.03. The van der Waals surface area contributed by atoms with Gasteiger partial charge < -0.3 is 0 Å². The van der Waals surface area contributed by atoms with Gasteiger partial charge in [0.05, 0.1) is 6.54 Å². The summed E-state index contributed by atoms with van der Waals surface area (Å²) >= 11 is 5.82. The molecule has 94 valence electrons. The molecular weight excluding hydrogens is 250 g/mol. The molecule has 0 saturated carbocycles. The maximum absolute atomic E-state index is 12.0. The molecule has 18 heavy (non-hydrogen) atoms. The van der Waals surface area contributed by atoms with Crippen molar-refractivity contribution in [2.45, 2.75) is 20.0 Å². The summed E-state index contributed by atoms with van der Waals surface area (Å²) in [5, 5.41) is 4.91. The number of hydrogen-bond donors (Lipinski definition) is 0. The lowest BCUT2D eigenvalue weighted by Crippen LogP contribution is -2.25. The molecule has 2 aromatic rings. The maximum atomic E-state index is 12.0. The molecule has 0 aliphatic heterocycles. The molecule has 0 saturated heterocycles. The zero-order valence-electron chi connectivity index (χ0n) is 10.1. The molecule has 1 heterocycles. The Morgan fingerprint density at radius 3 is 2.67 bits per heavy atom. The number of aromatic nitrogens is 3. The van der Waals surface area contributed by atoms with Crippen molar-refractivity contribution >= 4 is 11.6 Å². The first-order valence-corrected chi connectivity index (χ1v) is 5.99. The van der Waals surface area contributed by atoms with Crippen molar-refractivity contribution in [1.82, 2.24) is 14.3 Å². The van der Waals surface area contributed by atoms with E-state index in [-0.39, 0.29) is 5.69 Å². The van der Waals surface area contributed by atoms with E-state index in [0.29, 0.717) is 23.9 Å². The fraction of sp³-hybridized carbons (Fsp3) is 0.231. The van der Waals surface area contributed by atoms with Crippen LogP contribution < -0.4 is 5.69 Å². The summed E-state index contributed by atoms with van der Waals surface area (Å²) in [7, 11) is 0. The van der Waals surface area contributed by atoms with Crippen LogP contribution in [-0.2, 0) is 13.1 Å². The number of halogens is 1. The van der Waals surface area contributed by atoms with Crippen molar-refractivity contribution in [2.24, 2.45) is 0 Å². The molecule has 4 nitrogen and oxygen atoms in total. The third kappa shape index (κ3) is 2.54. The molecule has 1 aromatic heterocycles. The van der Waals surface area contributed by atoms with Crippen molar-refractivity contribution in [3.63, 3.8) is 0 Å². The Morgan fingerprint density at radius 2 is 2.06 bits per heavy atom. The average Bonchev–Trinajstić information content (AvgIpc) is 2.60. The van der Waals surface area contributed by atoms with Crippen molar-refractivity contribution in [2.75, 3.05) is 0 Å². The van der Waals surface area contributed by atoms with Gasteiger partial charge in [-0.2, -0.15) is 5.10 Å². The average molecular weight is 264 g/mol. The minimum Gasteiger partial charge on any atom is -0.275 e. The van der Waals surface area contributed by atoms with Crippen LogP contribution in [-0.4, -0.2) is 14.3 Å². The highest BCUT2D eigenvalue weighted by Crippen LogP contribution is 2.09. The molecular formula is C13H14ClN3O. The lowest BCUT2D eigenvalue weighted by Gasteiger charge is -2.00. The van der Waals surface area contributed by atoms with E-state index in [9.17, 15) is 4.79 Å². The van der Waals surface area contributed by atoms with Gasteiger partial charge in [0.2, 0.25) is 0 Å². The van der Waals surface area contributed by atoms with Crippen LogP contribution in [0.5, 0.6) is 0 Å². The highest BCUT2D eigenvalue weighted by molar-refractivity contribution is 6.30. The summed E-state index contributed by atoms with van der Waals surface area (Å²) in [5.74, 6) is 0.689. The van der Waals surface area contributed by atoms with Crippen LogP contribution in [0, 0.1) is 6.92 Å². The van der Waals surface area contributed by atoms with E-state index in [1.165, 1.54) is 4.68 Å². The summed E-state index contributed by atoms with van der Waals surface area (Å²) in [5.41, 5.74) is 0.868. The van der Waals surface area contributed by atoms with Crippen molar-refractivity contribution in [1.29, 1.82) is 0 Å². The summed E-state index contributed by atoms with van der Waals surface area (Å²) in [6.45, 7) is 6.36. The van der Waals surface area contributed by atoms with E-state index in [1.54, 1.807) is 22.8 Å². The van der Waals surface area contributed by atoms with Crippen molar-refractivity contribution in [3.05, 3.63) is 63.8 Å². The van der Waals surface area contributed by atoms with E-state index in [4.69, 9.17) is 11.6 Å². The van der Waals surface area contributed by atoms with Gasteiger partial charge in [0, 0.05) is 11.6 Å². The molecule has 0 atom stereocenters. The largest absolute Gasteiger partial charge is 0.346 e. The van der Waals surface area contributed by atoms with Crippen LogP contribution in [0.1, 0.15) is 11.4 Å². The normalized spacial score (nSPS) is 10.6. The molecule has 0 aliphatic rings. The van der Waals surface area contributed by atoms with Crippen LogP contribution in [0.2, 0.25) is 5.02 Å². The highest BCUT2D eigenvalue weighted by Gasteiger charge is 2.08. The van der Waals surface area contributed by atoms with Crippen LogP contribution in [0.25, 0.3) is 0 Å². The van der Waals surface area contributed by atoms with E-state index >= 15 is 0 Å². The molecule has 0 aliphatic carbocycles. The zero-order valence-corrected chi connectivity index (χ0v) is 10.9. The summed E-state index contributed by atoms with van der Waals surface area (Å²) in [6.07, 6.45) is 1.68. The van der Waals surface area contributed by atoms with Crippen molar-refractivity contribution < 1.29 is 0 Å². The fourth-order valence-corrected chi connectivity index (χ4v) is 1.88. The summed E-state index contributed by atoms with van der Waals surface area (Å²) in [4.78, 5) is 12.0. The predicted molar refractivity (Wildman–Crippen MR) is 72.0 cm³/mol. The Labute approximate surface area is 110 Å². The second kappa shape index (κ2) is 5.23. The Hall–Kier alpha value is -1.81. The number of rotatable bonds is 4. The second-order valence-corrected chi connectivity index (χ2v) is 4.45. The smallest absolute Gasteiger partial charge is 0.275 e. The highest BCUT2D eigenvalue weighted by atomic mass is 35.5. The van der Waals surface area contributed by atoms with Crippen molar-refractivity contribution in [3.8, 4) is 0 Å². The Bertz CT molecular complexity index is 610. The maximum Gasteiger partial charge on any atom is 0.346 e. The van der Waals surface area contributed by atoms with Gasteiger partial charge in [0.1, 0.15) is 5.82 Å². The predicted octanol–water partition coefficient (Wildman–Crippen LogP) is 2.24. The summed E-state index contributed by atoms with van der Waals surface area (Å²) in [6, 6.07) is 7.37. The number of benzene rings is 1. The van der Waals surface area contributed by atoms with Crippen LogP contribution in [0.3, 0.4) is 0 Å². The minimum atomic E-state index is -0.123. The van der Waals surface area contributed by atoms with E-state index in [1.807, 2.05) is 19.1 Å². The molecule has 0 spiro atoms. The van der Waals surface area contributed by atoms with Gasteiger partial charge in [-0.25, -0.2) is 9.48 Å². The monoisotopic (exact) mass is 263 g/mol. The lowest BCUT2D eigenvalue weighted by molar-refractivity contribution is 0.639. The molecule has 5 heteroatoms. The second-order valence-electron chi connectivity index (χ2n) is 4.01. The number of hydrogen-bond acceptors (Lipinski definition) is 2. The molecule has 1 aromatic carbocycles. The van der Waals surface area contributed by atoms with Gasteiger partial charge in [-0.15, -0.1) is 6.58 Å². The number of allylic oxidation sites excluding steroid dienone is 1. The SMILES string of the molecule is C=CCn1c(C)nn(Cc2ccc(Cl)cc2)c1=O. The van der Waals surface area contributed by atoms with E-state index in [0.717, 1.165) is 5.56 Å². The number of aryl methyl sites for hydroxylation is 1. The fourth-order valence-electron chi connectivity index (χ4n) is 1.75. The molecule has 0 amide bonds. The minimum absolute atomic E-state index is 0.123. The Balaban J connectivity index is 2.30. The van der Waals surface area contributed by atoms with Gasteiger partial charge in [-0.1, -0.05) is 29.8 Å². The van der Waals surface area contributed by atoms with E-state index < -0.39 is 0 Å². The Kier molecular flexibility index (Phi) is 3.67. The lowest BCUT2D eigenvalue weighted by atomic mass is 10.2. The first-order valence-electron chi connectivity index (χ1n) is 5.61. The number of nitrogens with zero attached hydrogens (tertiary/aromatic N) is 3. The Morgan fingerprint density at radius 1 is 1.39 bits per heavy atom.